The zero-order chi connectivity index (χ0) is 11.5. The third-order valence-corrected chi connectivity index (χ3v) is 2.93. The van der Waals surface area contributed by atoms with Gasteiger partial charge in [-0.3, -0.25) is 4.98 Å². The van der Waals surface area contributed by atoms with Crippen molar-refractivity contribution < 1.29 is 4.74 Å². The molecule has 1 aromatic heterocycles. The predicted molar refractivity (Wildman–Crippen MR) is 66.9 cm³/mol. The van der Waals surface area contributed by atoms with E-state index in [0.717, 1.165) is 25.4 Å². The number of hydrogen-bond acceptors (Lipinski definition) is 3. The van der Waals surface area contributed by atoms with E-state index in [0.29, 0.717) is 0 Å². The number of benzene rings is 1. The van der Waals surface area contributed by atoms with E-state index in [9.17, 15) is 0 Å². The van der Waals surface area contributed by atoms with E-state index < -0.39 is 0 Å². The first-order chi connectivity index (χ1) is 8.43. The number of fused-ring (bicyclic) bond motifs is 1. The Bertz CT molecular complexity index is 511. The molecule has 3 nitrogen and oxygen atoms in total. The van der Waals surface area contributed by atoms with E-state index in [2.05, 4.69) is 28.5 Å². The lowest BCUT2D eigenvalue weighted by Gasteiger charge is -2.09. The van der Waals surface area contributed by atoms with Gasteiger partial charge in [-0.05, 0) is 35.4 Å². The summed E-state index contributed by atoms with van der Waals surface area (Å²) in [5, 5.41) is 3.34. The van der Waals surface area contributed by atoms with Crippen LogP contribution in [0, 0.1) is 0 Å². The molecule has 3 rings (SSSR count). The van der Waals surface area contributed by atoms with Gasteiger partial charge in [-0.25, -0.2) is 0 Å². The molecule has 0 amide bonds. The largest absolute Gasteiger partial charge is 0.492 e. The summed E-state index contributed by atoms with van der Waals surface area (Å²) >= 11 is 0. The zero-order valence-electron chi connectivity index (χ0n) is 9.52. The maximum Gasteiger partial charge on any atom is 0.123 e. The van der Waals surface area contributed by atoms with Crippen LogP contribution in [0.15, 0.2) is 42.7 Å². The normalized spacial score (nSPS) is 14.6. The molecule has 2 heterocycles. The van der Waals surface area contributed by atoms with Crippen LogP contribution in [0.2, 0.25) is 0 Å². The molecule has 0 radical (unpaired) electrons. The van der Waals surface area contributed by atoms with Crippen molar-refractivity contribution in [2.24, 2.45) is 0 Å². The molecule has 0 spiro atoms. The van der Waals surface area contributed by atoms with Crippen LogP contribution in [-0.4, -0.2) is 18.1 Å². The Morgan fingerprint density at radius 1 is 1.06 bits per heavy atom. The molecule has 0 saturated carbocycles. The number of nitrogens with zero attached hydrogens (tertiary/aromatic N) is 1. The number of nitrogens with one attached hydrogen (secondary N) is 1. The number of rotatable bonds is 1. The molecule has 2 aromatic rings. The topological polar surface area (TPSA) is 34.1 Å². The van der Waals surface area contributed by atoms with E-state index in [1.165, 1.54) is 16.7 Å². The summed E-state index contributed by atoms with van der Waals surface area (Å²) < 4.78 is 5.66. The first kappa shape index (κ1) is 10.3. The van der Waals surface area contributed by atoms with Crippen LogP contribution in [0.25, 0.3) is 11.1 Å². The van der Waals surface area contributed by atoms with Crippen LogP contribution < -0.4 is 10.1 Å². The van der Waals surface area contributed by atoms with Crippen molar-refractivity contribution in [3.8, 4) is 16.9 Å². The maximum absolute atomic E-state index is 5.66. The number of aromatic nitrogens is 1. The van der Waals surface area contributed by atoms with E-state index >= 15 is 0 Å². The van der Waals surface area contributed by atoms with Crippen LogP contribution in [0.1, 0.15) is 5.56 Å². The van der Waals surface area contributed by atoms with Gasteiger partial charge in [-0.2, -0.15) is 0 Å². The van der Waals surface area contributed by atoms with Gasteiger partial charge in [0.05, 0.1) is 0 Å². The smallest absolute Gasteiger partial charge is 0.123 e. The molecule has 0 saturated heterocycles. The molecule has 0 aliphatic carbocycles. The van der Waals surface area contributed by atoms with Crippen LogP contribution in [0.4, 0.5) is 0 Å². The Morgan fingerprint density at radius 3 is 2.82 bits per heavy atom. The minimum atomic E-state index is 0.738. The van der Waals surface area contributed by atoms with Crippen LogP contribution in [0.3, 0.4) is 0 Å². The third-order valence-electron chi connectivity index (χ3n) is 2.93. The molecule has 0 atom stereocenters. The second kappa shape index (κ2) is 4.55. The third kappa shape index (κ3) is 2.15. The summed E-state index contributed by atoms with van der Waals surface area (Å²) in [6.07, 6.45) is 3.63. The molecule has 1 aromatic carbocycles. The number of pyridine rings is 1. The summed E-state index contributed by atoms with van der Waals surface area (Å²) in [6.45, 7) is 2.51. The van der Waals surface area contributed by atoms with Crippen LogP contribution in [-0.2, 0) is 6.54 Å². The van der Waals surface area contributed by atoms with Gasteiger partial charge in [0.2, 0.25) is 0 Å². The molecule has 1 aliphatic heterocycles. The van der Waals surface area contributed by atoms with Crippen LogP contribution >= 0.6 is 0 Å². The average Bonchev–Trinajstić information content (AvgIpc) is 2.64. The highest BCUT2D eigenvalue weighted by atomic mass is 16.5. The van der Waals surface area contributed by atoms with Gasteiger partial charge in [-0.15, -0.1) is 0 Å². The minimum Gasteiger partial charge on any atom is -0.492 e. The van der Waals surface area contributed by atoms with E-state index in [4.69, 9.17) is 4.74 Å². The van der Waals surface area contributed by atoms with Crippen molar-refractivity contribution in [1.82, 2.24) is 10.3 Å². The van der Waals surface area contributed by atoms with E-state index in [1.807, 2.05) is 24.5 Å². The van der Waals surface area contributed by atoms with E-state index in [1.54, 1.807) is 0 Å². The molecule has 0 fully saturated rings. The van der Waals surface area contributed by atoms with Gasteiger partial charge in [0.25, 0.3) is 0 Å². The van der Waals surface area contributed by atoms with Gasteiger partial charge in [0.1, 0.15) is 12.4 Å². The summed E-state index contributed by atoms with van der Waals surface area (Å²) in [5.41, 5.74) is 3.61. The Balaban J connectivity index is 2.00. The maximum atomic E-state index is 5.66. The number of hydrogen-bond donors (Lipinski definition) is 1. The lowest BCUT2D eigenvalue weighted by atomic mass is 10.0. The Labute approximate surface area is 100 Å². The lowest BCUT2D eigenvalue weighted by molar-refractivity contribution is 0.326. The summed E-state index contributed by atoms with van der Waals surface area (Å²) in [5.74, 6) is 0.993. The first-order valence-corrected chi connectivity index (χ1v) is 5.80. The second-order valence-electron chi connectivity index (χ2n) is 4.08. The fraction of sp³-hybridized carbons (Fsp3) is 0.214. The standard InChI is InChI=1S/C14H14N2O/c1-2-14-13(10-16-7-8-17-14)9-12(1)11-3-5-15-6-4-11/h1-6,9,16H,7-8,10H2. The van der Waals surface area contributed by atoms with Crippen molar-refractivity contribution >= 4 is 0 Å². The van der Waals surface area contributed by atoms with Crippen molar-refractivity contribution in [2.75, 3.05) is 13.2 Å². The molecular formula is C14H14N2O. The van der Waals surface area contributed by atoms with E-state index in [-0.39, 0.29) is 0 Å². The lowest BCUT2D eigenvalue weighted by Crippen LogP contribution is -2.16. The molecule has 3 heteroatoms. The minimum absolute atomic E-state index is 0.738. The van der Waals surface area contributed by atoms with Crippen molar-refractivity contribution in [3.05, 3.63) is 48.3 Å². The molecule has 17 heavy (non-hydrogen) atoms. The van der Waals surface area contributed by atoms with Crippen molar-refractivity contribution in [2.45, 2.75) is 6.54 Å². The molecule has 0 bridgehead atoms. The van der Waals surface area contributed by atoms with Crippen molar-refractivity contribution in [1.29, 1.82) is 0 Å². The van der Waals surface area contributed by atoms with Gasteiger partial charge in [-0.1, -0.05) is 6.07 Å². The van der Waals surface area contributed by atoms with Gasteiger partial charge >= 0.3 is 0 Å². The summed E-state index contributed by atoms with van der Waals surface area (Å²) in [6, 6.07) is 10.4. The second-order valence-corrected chi connectivity index (χ2v) is 4.08. The quantitative estimate of drug-likeness (QED) is 0.809. The Hall–Kier alpha value is -1.87. The SMILES string of the molecule is c1cc(-c2ccc3c(c2)CNCCO3)ccn1. The predicted octanol–water partition coefficient (Wildman–Crippen LogP) is 2.23. The molecule has 1 aliphatic rings. The summed E-state index contributed by atoms with van der Waals surface area (Å²) in [4.78, 5) is 4.04. The number of ether oxygens (including phenoxy) is 1. The molecule has 86 valence electrons. The zero-order valence-corrected chi connectivity index (χ0v) is 9.52. The van der Waals surface area contributed by atoms with Crippen LogP contribution in [0.5, 0.6) is 5.75 Å². The first-order valence-electron chi connectivity index (χ1n) is 5.80. The Kier molecular flexibility index (Phi) is 2.76. The fourth-order valence-electron chi connectivity index (χ4n) is 2.04. The van der Waals surface area contributed by atoms with Gasteiger partial charge < -0.3 is 10.1 Å². The monoisotopic (exact) mass is 226 g/mol. The van der Waals surface area contributed by atoms with Gasteiger partial charge in [0.15, 0.2) is 0 Å². The fourth-order valence-corrected chi connectivity index (χ4v) is 2.04. The van der Waals surface area contributed by atoms with Crippen molar-refractivity contribution in [3.63, 3.8) is 0 Å². The molecule has 0 unspecified atom stereocenters. The molecular weight excluding hydrogens is 212 g/mol. The Morgan fingerprint density at radius 2 is 1.94 bits per heavy atom. The average molecular weight is 226 g/mol. The summed E-state index contributed by atoms with van der Waals surface area (Å²) in [7, 11) is 0. The van der Waals surface area contributed by atoms with Gasteiger partial charge in [0, 0.05) is 31.0 Å². The highest BCUT2D eigenvalue weighted by Gasteiger charge is 2.09. The highest BCUT2D eigenvalue weighted by molar-refractivity contribution is 5.65. The molecule has 1 N–H and O–H groups in total. The highest BCUT2D eigenvalue weighted by Crippen LogP contribution is 2.27.